The van der Waals surface area contributed by atoms with Gasteiger partial charge in [0.1, 0.15) is 23.9 Å². The molecule has 2 unspecified atom stereocenters. The number of carbonyl (C=O) groups is 3. The molecule has 30 heavy (non-hydrogen) atoms. The summed E-state index contributed by atoms with van der Waals surface area (Å²) >= 11 is 0. The molecular formula is C20H33N3O7. The van der Waals surface area contributed by atoms with E-state index in [1.807, 2.05) is 13.8 Å². The van der Waals surface area contributed by atoms with Gasteiger partial charge >= 0.3 is 17.9 Å². The van der Waals surface area contributed by atoms with Crippen LogP contribution in [0.4, 0.5) is 0 Å². The van der Waals surface area contributed by atoms with Gasteiger partial charge in [0, 0.05) is 0 Å². The molecule has 0 bridgehead atoms. The number of carboxylic acids is 3. The van der Waals surface area contributed by atoms with Gasteiger partial charge in [-0.25, -0.2) is 0 Å². The van der Waals surface area contributed by atoms with Crippen molar-refractivity contribution < 1.29 is 34.8 Å². The minimum Gasteiger partial charge on any atom is -0.508 e. The fourth-order valence-electron chi connectivity index (χ4n) is 2.48. The van der Waals surface area contributed by atoms with Gasteiger partial charge in [-0.15, -0.1) is 0 Å². The third-order valence-electron chi connectivity index (χ3n) is 4.11. The molecule has 0 amide bonds. The number of benzene rings is 1. The minimum atomic E-state index is -1.02. The van der Waals surface area contributed by atoms with Crippen molar-refractivity contribution in [2.24, 2.45) is 17.4 Å². The largest absolute Gasteiger partial charge is 0.508 e. The molecular weight excluding hydrogens is 394 g/mol. The number of carboxylic acid groups (broad SMARTS) is 3. The van der Waals surface area contributed by atoms with Gasteiger partial charge in [0.15, 0.2) is 0 Å². The van der Waals surface area contributed by atoms with Gasteiger partial charge in [-0.05, 0) is 55.8 Å². The number of aromatic hydroxyl groups is 1. The van der Waals surface area contributed by atoms with Crippen LogP contribution in [0, 0.1) is 5.92 Å². The molecule has 1 heterocycles. The molecule has 2 rings (SSSR count). The molecule has 1 aliphatic rings. The standard InChI is InChI=1S/C9H11NO3.C6H13NO2.C5H9NO2/c10-8(9(12)13)5-6-1-3-7(11)4-2-6;1-4(2)3-5(7)6(8)9;7-5(8)4-2-1-3-6-4/h1-4,8,11H,5,10H2,(H,12,13);4-5H,3,7H2,1-2H3,(H,8,9);4,6H,1-3H2,(H,7,8)/t;;4-/m..0/s1. The predicted molar refractivity (Wildman–Crippen MR) is 111 cm³/mol. The van der Waals surface area contributed by atoms with Crippen molar-refractivity contribution in [3.05, 3.63) is 29.8 Å². The first-order valence-corrected chi connectivity index (χ1v) is 9.64. The van der Waals surface area contributed by atoms with Crippen LogP contribution in [-0.2, 0) is 20.8 Å². The third-order valence-corrected chi connectivity index (χ3v) is 4.11. The number of rotatable bonds is 7. The van der Waals surface area contributed by atoms with Crippen molar-refractivity contribution >= 4 is 17.9 Å². The molecule has 1 aromatic carbocycles. The molecule has 0 spiro atoms. The average molecular weight is 427 g/mol. The van der Waals surface area contributed by atoms with Crippen LogP contribution in [-0.4, -0.2) is 63.0 Å². The SMILES string of the molecule is CC(C)CC(N)C(=O)O.NC(Cc1ccc(O)cc1)C(=O)O.O=C(O)[C@@H]1CCCN1. The molecule has 3 atom stereocenters. The first kappa shape index (κ1) is 27.3. The van der Waals surface area contributed by atoms with Crippen LogP contribution in [0.3, 0.4) is 0 Å². The fraction of sp³-hybridized carbons (Fsp3) is 0.550. The summed E-state index contributed by atoms with van der Waals surface area (Å²) < 4.78 is 0. The highest BCUT2D eigenvalue weighted by atomic mass is 16.4. The summed E-state index contributed by atoms with van der Waals surface area (Å²) in [7, 11) is 0. The van der Waals surface area contributed by atoms with E-state index in [-0.39, 0.29) is 18.2 Å². The molecule has 170 valence electrons. The maximum atomic E-state index is 10.4. The maximum Gasteiger partial charge on any atom is 0.320 e. The summed E-state index contributed by atoms with van der Waals surface area (Å²) in [6, 6.07) is 4.47. The van der Waals surface area contributed by atoms with Crippen LogP contribution in [0.1, 0.15) is 38.7 Å². The van der Waals surface area contributed by atoms with E-state index in [0.717, 1.165) is 24.9 Å². The summed E-state index contributed by atoms with van der Waals surface area (Å²) in [5.74, 6) is -2.14. The van der Waals surface area contributed by atoms with E-state index in [4.69, 9.17) is 31.9 Å². The van der Waals surface area contributed by atoms with Gasteiger partial charge < -0.3 is 37.2 Å². The van der Waals surface area contributed by atoms with E-state index in [0.29, 0.717) is 12.3 Å². The van der Waals surface area contributed by atoms with Crippen LogP contribution in [0.5, 0.6) is 5.75 Å². The van der Waals surface area contributed by atoms with Crippen LogP contribution < -0.4 is 16.8 Å². The lowest BCUT2D eigenvalue weighted by atomic mass is 10.1. The Labute approximate surface area is 175 Å². The van der Waals surface area contributed by atoms with Gasteiger partial charge in [-0.2, -0.15) is 0 Å². The van der Waals surface area contributed by atoms with Crippen molar-refractivity contribution in [2.75, 3.05) is 6.54 Å². The molecule has 10 nitrogen and oxygen atoms in total. The van der Waals surface area contributed by atoms with Gasteiger partial charge in [0.05, 0.1) is 0 Å². The van der Waals surface area contributed by atoms with E-state index in [1.165, 1.54) is 12.1 Å². The lowest BCUT2D eigenvalue weighted by molar-refractivity contribution is -0.139. The highest BCUT2D eigenvalue weighted by Crippen LogP contribution is 2.10. The second-order valence-corrected chi connectivity index (χ2v) is 7.38. The molecule has 0 saturated carbocycles. The van der Waals surface area contributed by atoms with E-state index in [2.05, 4.69) is 5.32 Å². The molecule has 0 radical (unpaired) electrons. The average Bonchev–Trinajstić information content (AvgIpc) is 3.19. The number of phenols is 1. The van der Waals surface area contributed by atoms with E-state index in [9.17, 15) is 14.4 Å². The van der Waals surface area contributed by atoms with E-state index in [1.54, 1.807) is 12.1 Å². The second-order valence-electron chi connectivity index (χ2n) is 7.38. The van der Waals surface area contributed by atoms with Crippen LogP contribution in [0.15, 0.2) is 24.3 Å². The Morgan fingerprint density at radius 1 is 1.03 bits per heavy atom. The Hall–Kier alpha value is -2.69. The summed E-state index contributed by atoms with van der Waals surface area (Å²) in [5, 5.41) is 37.0. The molecule has 0 aliphatic carbocycles. The Bertz CT molecular complexity index is 659. The van der Waals surface area contributed by atoms with Crippen LogP contribution >= 0.6 is 0 Å². The van der Waals surface area contributed by atoms with Crippen LogP contribution in [0.2, 0.25) is 0 Å². The first-order valence-electron chi connectivity index (χ1n) is 9.64. The van der Waals surface area contributed by atoms with Crippen molar-refractivity contribution in [3.8, 4) is 5.75 Å². The zero-order valence-electron chi connectivity index (χ0n) is 17.3. The van der Waals surface area contributed by atoms with E-state index >= 15 is 0 Å². The van der Waals surface area contributed by atoms with Gasteiger partial charge in [-0.1, -0.05) is 26.0 Å². The van der Waals surface area contributed by atoms with Gasteiger partial charge in [0.2, 0.25) is 0 Å². The number of nitrogens with one attached hydrogen (secondary N) is 1. The third kappa shape index (κ3) is 12.7. The maximum absolute atomic E-state index is 10.4. The predicted octanol–water partition coefficient (Wildman–Crippen LogP) is 0.614. The minimum absolute atomic E-state index is 0.160. The number of nitrogens with two attached hydrogens (primary N) is 2. The smallest absolute Gasteiger partial charge is 0.320 e. The normalized spacial score (nSPS) is 17.0. The van der Waals surface area contributed by atoms with Crippen molar-refractivity contribution in [1.29, 1.82) is 0 Å². The molecule has 1 aromatic rings. The summed E-state index contributed by atoms with van der Waals surface area (Å²) in [6.07, 6.45) is 2.61. The molecule has 1 saturated heterocycles. The van der Waals surface area contributed by atoms with Crippen molar-refractivity contribution in [1.82, 2.24) is 5.32 Å². The van der Waals surface area contributed by atoms with Crippen molar-refractivity contribution in [3.63, 3.8) is 0 Å². The highest BCUT2D eigenvalue weighted by Gasteiger charge is 2.20. The fourth-order valence-corrected chi connectivity index (χ4v) is 2.48. The Kier molecular flexibility index (Phi) is 13.0. The summed E-state index contributed by atoms with van der Waals surface area (Å²) in [4.78, 5) is 30.6. The lowest BCUT2D eigenvalue weighted by Crippen LogP contribution is -2.32. The zero-order valence-corrected chi connectivity index (χ0v) is 17.3. The molecule has 1 aliphatic heterocycles. The second kappa shape index (κ2) is 14.3. The van der Waals surface area contributed by atoms with Crippen molar-refractivity contribution in [2.45, 2.75) is 57.7 Å². The Morgan fingerprint density at radius 2 is 1.57 bits per heavy atom. The van der Waals surface area contributed by atoms with Gasteiger partial charge in [-0.3, -0.25) is 14.4 Å². The zero-order chi connectivity index (χ0) is 23.3. The summed E-state index contributed by atoms with van der Waals surface area (Å²) in [6.45, 7) is 4.75. The van der Waals surface area contributed by atoms with E-state index < -0.39 is 30.0 Å². The highest BCUT2D eigenvalue weighted by molar-refractivity contribution is 5.74. The Morgan fingerprint density at radius 3 is 1.87 bits per heavy atom. The van der Waals surface area contributed by atoms with Gasteiger partial charge in [0.25, 0.3) is 0 Å². The summed E-state index contributed by atoms with van der Waals surface area (Å²) in [5.41, 5.74) is 11.3. The first-order chi connectivity index (χ1) is 13.9. The number of phenolic OH excluding ortho intramolecular Hbond substituents is 1. The molecule has 9 N–H and O–H groups in total. The lowest BCUT2D eigenvalue weighted by Gasteiger charge is -2.07. The molecule has 1 fully saturated rings. The molecule has 10 heteroatoms. The quantitative estimate of drug-likeness (QED) is 0.324. The Balaban J connectivity index is 0.000000438. The van der Waals surface area contributed by atoms with Crippen LogP contribution in [0.25, 0.3) is 0 Å². The molecule has 0 aromatic heterocycles. The monoisotopic (exact) mass is 427 g/mol. The topological polar surface area (TPSA) is 196 Å². The number of aliphatic carboxylic acids is 3. The number of hydrogen-bond acceptors (Lipinski definition) is 7. The number of hydrogen-bond donors (Lipinski definition) is 7.